The van der Waals surface area contributed by atoms with Gasteiger partial charge in [0.15, 0.2) is 0 Å². The van der Waals surface area contributed by atoms with Crippen LogP contribution in [-0.2, 0) is 9.53 Å². The lowest BCUT2D eigenvalue weighted by Gasteiger charge is -2.24. The molecule has 0 saturated carbocycles. The van der Waals surface area contributed by atoms with Gasteiger partial charge in [0.25, 0.3) is 0 Å². The highest BCUT2D eigenvalue weighted by Crippen LogP contribution is 2.26. The minimum Gasteiger partial charge on any atom is -0.508 e. The highest BCUT2D eigenvalue weighted by Gasteiger charge is 2.25. The summed E-state index contributed by atoms with van der Waals surface area (Å²) in [4.78, 5) is 12.1. The van der Waals surface area contributed by atoms with Gasteiger partial charge >= 0.3 is 5.97 Å². The number of esters is 1. The highest BCUT2D eigenvalue weighted by atomic mass is 16.6. The molecule has 3 heteroatoms. The Morgan fingerprint density at radius 1 is 1.28 bits per heavy atom. The van der Waals surface area contributed by atoms with Crippen LogP contribution < -0.4 is 0 Å². The van der Waals surface area contributed by atoms with Gasteiger partial charge in [0.1, 0.15) is 11.4 Å². The summed E-state index contributed by atoms with van der Waals surface area (Å²) in [6.07, 6.45) is 1.66. The van der Waals surface area contributed by atoms with Gasteiger partial charge in [-0.05, 0) is 44.9 Å². The summed E-state index contributed by atoms with van der Waals surface area (Å²) < 4.78 is 5.44. The molecule has 0 heterocycles. The van der Waals surface area contributed by atoms with Crippen molar-refractivity contribution in [1.29, 1.82) is 0 Å². The Morgan fingerprint density at radius 3 is 2.28 bits per heavy atom. The second kappa shape index (κ2) is 5.89. The zero-order valence-electron chi connectivity index (χ0n) is 11.6. The van der Waals surface area contributed by atoms with Gasteiger partial charge in [-0.25, -0.2) is 0 Å². The molecule has 100 valence electrons. The third-order valence-corrected chi connectivity index (χ3v) is 2.56. The van der Waals surface area contributed by atoms with Crippen LogP contribution in [0.5, 0.6) is 5.75 Å². The molecule has 0 aliphatic rings. The summed E-state index contributed by atoms with van der Waals surface area (Å²) in [5, 5.41) is 9.28. The van der Waals surface area contributed by atoms with Gasteiger partial charge < -0.3 is 9.84 Å². The molecule has 1 aromatic carbocycles. The number of carbonyl (C=O) groups is 1. The Hall–Kier alpha value is -1.51. The van der Waals surface area contributed by atoms with E-state index in [-0.39, 0.29) is 17.6 Å². The molecular formula is C15H22O3. The number of ether oxygens (including phenoxy) is 1. The molecule has 0 fully saturated rings. The first-order valence-electron chi connectivity index (χ1n) is 6.35. The van der Waals surface area contributed by atoms with Crippen molar-refractivity contribution in [3.63, 3.8) is 0 Å². The summed E-state index contributed by atoms with van der Waals surface area (Å²) in [6.45, 7) is 7.64. The summed E-state index contributed by atoms with van der Waals surface area (Å²) in [5.41, 5.74) is 0.420. The van der Waals surface area contributed by atoms with Gasteiger partial charge in [-0.2, -0.15) is 0 Å². The smallest absolute Gasteiger partial charge is 0.313 e. The molecule has 3 nitrogen and oxygen atoms in total. The lowest BCUT2D eigenvalue weighted by Crippen LogP contribution is -2.27. The molecule has 1 unspecified atom stereocenters. The molecule has 0 saturated heterocycles. The molecule has 0 bridgehead atoms. The number of aromatic hydroxyl groups is 1. The first kappa shape index (κ1) is 14.6. The van der Waals surface area contributed by atoms with E-state index in [0.717, 1.165) is 18.4 Å². The minimum atomic E-state index is -0.472. The second-order valence-electron chi connectivity index (χ2n) is 5.47. The number of carbonyl (C=O) groups excluding carboxylic acids is 1. The van der Waals surface area contributed by atoms with Crippen LogP contribution in [0.1, 0.15) is 52.0 Å². The maximum atomic E-state index is 12.1. The Morgan fingerprint density at radius 2 is 1.83 bits per heavy atom. The number of hydrogen-bond donors (Lipinski definition) is 1. The Bertz CT molecular complexity index is 387. The van der Waals surface area contributed by atoms with E-state index in [4.69, 9.17) is 4.74 Å². The maximum absolute atomic E-state index is 12.1. The predicted molar refractivity (Wildman–Crippen MR) is 71.6 cm³/mol. The van der Waals surface area contributed by atoms with Crippen LogP contribution >= 0.6 is 0 Å². The number of phenolic OH excluding ortho intramolecular Hbond substituents is 1. The van der Waals surface area contributed by atoms with Crippen LogP contribution in [0.2, 0.25) is 0 Å². The minimum absolute atomic E-state index is 0.199. The van der Waals surface area contributed by atoms with Crippen molar-refractivity contribution in [3.05, 3.63) is 29.8 Å². The van der Waals surface area contributed by atoms with Crippen molar-refractivity contribution in [2.24, 2.45) is 0 Å². The zero-order valence-corrected chi connectivity index (χ0v) is 11.6. The maximum Gasteiger partial charge on any atom is 0.313 e. The number of rotatable bonds is 4. The monoisotopic (exact) mass is 250 g/mol. The van der Waals surface area contributed by atoms with Crippen LogP contribution in [0.25, 0.3) is 0 Å². The number of phenols is 1. The van der Waals surface area contributed by atoms with Crippen molar-refractivity contribution >= 4 is 5.97 Å². The molecule has 1 atom stereocenters. The highest BCUT2D eigenvalue weighted by molar-refractivity contribution is 5.78. The predicted octanol–water partition coefficient (Wildman–Crippen LogP) is 3.62. The summed E-state index contributed by atoms with van der Waals surface area (Å²) in [6, 6.07) is 6.75. The van der Waals surface area contributed by atoms with Crippen molar-refractivity contribution < 1.29 is 14.6 Å². The third kappa shape index (κ3) is 4.40. The molecule has 1 aromatic rings. The van der Waals surface area contributed by atoms with Crippen molar-refractivity contribution in [1.82, 2.24) is 0 Å². The average Bonchev–Trinajstić information content (AvgIpc) is 2.25. The van der Waals surface area contributed by atoms with Gasteiger partial charge in [0, 0.05) is 0 Å². The van der Waals surface area contributed by atoms with Crippen LogP contribution in [0.4, 0.5) is 0 Å². The Labute approximate surface area is 109 Å². The summed E-state index contributed by atoms with van der Waals surface area (Å²) in [7, 11) is 0. The molecule has 0 amide bonds. The van der Waals surface area contributed by atoms with Gasteiger partial charge in [0.2, 0.25) is 0 Å². The van der Waals surface area contributed by atoms with Gasteiger partial charge in [-0.1, -0.05) is 25.5 Å². The molecule has 0 aliphatic heterocycles. The standard InChI is InChI=1S/C15H22O3/c1-5-6-13(14(17)18-15(2,3)4)11-7-9-12(16)10-8-11/h7-10,13,16H,5-6H2,1-4H3. The van der Waals surface area contributed by atoms with Crippen LogP contribution in [0.3, 0.4) is 0 Å². The number of benzene rings is 1. The van der Waals surface area contributed by atoms with E-state index in [1.165, 1.54) is 0 Å². The molecule has 1 N–H and O–H groups in total. The quantitative estimate of drug-likeness (QED) is 0.830. The molecular weight excluding hydrogens is 228 g/mol. The van der Waals surface area contributed by atoms with Gasteiger partial charge in [-0.15, -0.1) is 0 Å². The largest absolute Gasteiger partial charge is 0.508 e. The van der Waals surface area contributed by atoms with Crippen molar-refractivity contribution in [2.45, 2.75) is 52.1 Å². The molecule has 0 radical (unpaired) electrons. The normalized spacial score (nSPS) is 13.1. The molecule has 0 aliphatic carbocycles. The van der Waals surface area contributed by atoms with Gasteiger partial charge in [0.05, 0.1) is 5.92 Å². The fraction of sp³-hybridized carbons (Fsp3) is 0.533. The van der Waals surface area contributed by atoms with E-state index in [1.54, 1.807) is 24.3 Å². The average molecular weight is 250 g/mol. The summed E-state index contributed by atoms with van der Waals surface area (Å²) in [5.74, 6) is -0.247. The summed E-state index contributed by atoms with van der Waals surface area (Å²) >= 11 is 0. The van der Waals surface area contributed by atoms with E-state index < -0.39 is 5.60 Å². The fourth-order valence-corrected chi connectivity index (χ4v) is 1.79. The van der Waals surface area contributed by atoms with E-state index in [1.807, 2.05) is 27.7 Å². The SMILES string of the molecule is CCCC(C(=O)OC(C)(C)C)c1ccc(O)cc1. The van der Waals surface area contributed by atoms with Crippen LogP contribution in [0.15, 0.2) is 24.3 Å². The van der Waals surface area contributed by atoms with Gasteiger partial charge in [-0.3, -0.25) is 4.79 Å². The zero-order chi connectivity index (χ0) is 13.8. The lowest BCUT2D eigenvalue weighted by molar-refractivity contribution is -0.157. The van der Waals surface area contributed by atoms with E-state index in [9.17, 15) is 9.90 Å². The Balaban J connectivity index is 2.88. The molecule has 1 rings (SSSR count). The van der Waals surface area contributed by atoms with Crippen LogP contribution in [-0.4, -0.2) is 16.7 Å². The first-order chi connectivity index (χ1) is 8.33. The topological polar surface area (TPSA) is 46.5 Å². The van der Waals surface area contributed by atoms with Crippen LogP contribution in [0, 0.1) is 0 Å². The first-order valence-corrected chi connectivity index (χ1v) is 6.35. The second-order valence-corrected chi connectivity index (χ2v) is 5.47. The molecule has 18 heavy (non-hydrogen) atoms. The Kier molecular flexibility index (Phi) is 4.76. The van der Waals surface area contributed by atoms with E-state index in [0.29, 0.717) is 0 Å². The third-order valence-electron chi connectivity index (χ3n) is 2.56. The van der Waals surface area contributed by atoms with Crippen molar-refractivity contribution in [3.8, 4) is 5.75 Å². The fourth-order valence-electron chi connectivity index (χ4n) is 1.79. The molecule has 0 aromatic heterocycles. The van der Waals surface area contributed by atoms with E-state index in [2.05, 4.69) is 0 Å². The number of hydrogen-bond acceptors (Lipinski definition) is 3. The van der Waals surface area contributed by atoms with Crippen molar-refractivity contribution in [2.75, 3.05) is 0 Å². The van der Waals surface area contributed by atoms with E-state index >= 15 is 0 Å². The lowest BCUT2D eigenvalue weighted by atomic mass is 9.94. The molecule has 0 spiro atoms.